The first-order chi connectivity index (χ1) is 43.7. The van der Waals surface area contributed by atoms with Crippen LogP contribution in [-0.2, 0) is 80.3 Å². The Morgan fingerprint density at radius 1 is 0.659 bits per heavy atom. The molecule has 3 aromatic carbocycles. The highest BCUT2D eigenvalue weighted by Crippen LogP contribution is 2.20. The number of amides is 9. The molecule has 9 amide bonds. The van der Waals surface area contributed by atoms with E-state index in [9.17, 15) is 53.1 Å². The standard InChI is InChI=1S/C61H78N16O12S2/c1-36(89-33-38-10-3-2-4-11-38)53(60(87)70-45(54(65)81)26-37-16-18-41(78)19-17-37)75-59(86)49(35-91)73-55(82)44(15-7-8-21-62)69-57(84)47(28-40-30-67-43-14-6-5-13-42(40)43)72-56(83)46(27-39-12-9-23-66-29-39)71-58(85)48(34-90)68-51(79)31-76(25-22-63)52(80)32-77-24-20-50(64)74-61(77)88/h2-6,9-14,16-20,23-24,29-30,36,44-49,53,67,78,90-91H,7-8,15,21-22,25-28,31-35,62-63H2,1H3,(H2,65,81)(H,68,79)(H,69,84)(H,70,87)(H,71,85)(H,72,83)(H,73,82)(H,75,86)(H2,64,74,88)/t36-,44+,45+,46+,47-,48-,49-,53+/m1/s1. The summed E-state index contributed by atoms with van der Waals surface area (Å²) in [7, 11) is 0. The van der Waals surface area contributed by atoms with Crippen molar-refractivity contribution in [2.45, 2.75) is 107 Å². The predicted octanol–water partition coefficient (Wildman–Crippen LogP) is -1.60. The third kappa shape index (κ3) is 22.0. The first-order valence-electron chi connectivity index (χ1n) is 29.2. The molecule has 0 saturated carbocycles. The number of benzene rings is 3. The van der Waals surface area contributed by atoms with Gasteiger partial charge in [0.05, 0.1) is 19.3 Å². The van der Waals surface area contributed by atoms with Gasteiger partial charge in [0, 0.05) is 79.5 Å². The van der Waals surface area contributed by atoms with Crippen LogP contribution in [0.5, 0.6) is 5.75 Å². The van der Waals surface area contributed by atoms with Gasteiger partial charge in [-0.1, -0.05) is 66.7 Å². The van der Waals surface area contributed by atoms with E-state index >= 15 is 0 Å². The van der Waals surface area contributed by atoms with Gasteiger partial charge in [-0.25, -0.2) is 4.79 Å². The van der Waals surface area contributed by atoms with Gasteiger partial charge in [-0.3, -0.25) is 52.7 Å². The number of nitrogens with zero attached hydrogens (tertiary/aromatic N) is 4. The molecule has 6 aromatic rings. The number of H-pyrrole nitrogens is 1. The van der Waals surface area contributed by atoms with Gasteiger partial charge in [0.2, 0.25) is 53.2 Å². The van der Waals surface area contributed by atoms with E-state index in [1.165, 1.54) is 43.7 Å². The zero-order valence-corrected chi connectivity index (χ0v) is 51.8. The highest BCUT2D eigenvalue weighted by Gasteiger charge is 2.36. The summed E-state index contributed by atoms with van der Waals surface area (Å²) in [5.74, 6) is -8.23. The Morgan fingerprint density at radius 3 is 1.90 bits per heavy atom. The molecule has 6 rings (SSSR count). The summed E-state index contributed by atoms with van der Waals surface area (Å²) in [4.78, 5) is 151. The number of hydrogen-bond acceptors (Lipinski definition) is 19. The van der Waals surface area contributed by atoms with Crippen molar-refractivity contribution in [1.82, 2.24) is 61.6 Å². The van der Waals surface area contributed by atoms with E-state index in [1.54, 1.807) is 66.9 Å². The number of aromatic nitrogens is 4. The Morgan fingerprint density at radius 2 is 1.25 bits per heavy atom. The number of nitrogens with two attached hydrogens (primary N) is 4. The van der Waals surface area contributed by atoms with Crippen LogP contribution in [0.3, 0.4) is 0 Å². The second kappa shape index (κ2) is 35.7. The highest BCUT2D eigenvalue weighted by molar-refractivity contribution is 7.80. The van der Waals surface area contributed by atoms with Crippen molar-refractivity contribution < 1.29 is 53.0 Å². The van der Waals surface area contributed by atoms with Crippen molar-refractivity contribution in [2.24, 2.45) is 17.2 Å². The number of fused-ring (bicyclic) bond motifs is 1. The molecule has 0 spiro atoms. The van der Waals surface area contributed by atoms with Crippen molar-refractivity contribution >= 4 is 95.1 Å². The number of carbonyl (C=O) groups is 9. The SMILES string of the molecule is C[C@@H](OCc1ccccc1)[C@H](NC(=O)[C@@H](CS)NC(=O)[C@H](CCCCN)NC(=O)[C@@H](Cc1c[nH]c2ccccc12)NC(=O)[C@H](Cc1cccnc1)NC(=O)[C@@H](CS)NC(=O)CN(CCN)C(=O)Cn1ccc(N)nc1=O)C(=O)N[C@@H](Cc1ccc(O)cc1)C(N)=O. The molecule has 91 heavy (non-hydrogen) atoms. The van der Waals surface area contributed by atoms with Crippen LogP contribution in [0.1, 0.15) is 48.4 Å². The molecule has 28 nitrogen and oxygen atoms in total. The number of thiol groups is 2. The molecule has 0 aliphatic rings. The van der Waals surface area contributed by atoms with Crippen LogP contribution in [0.25, 0.3) is 10.9 Å². The zero-order valence-electron chi connectivity index (χ0n) is 50.0. The molecule has 0 unspecified atom stereocenters. The van der Waals surface area contributed by atoms with E-state index in [0.717, 1.165) is 15.0 Å². The summed E-state index contributed by atoms with van der Waals surface area (Å²) in [5, 5.41) is 29.2. The Bertz CT molecular complexity index is 3490. The van der Waals surface area contributed by atoms with E-state index in [-0.39, 0.29) is 75.0 Å². The molecule has 0 saturated heterocycles. The number of nitrogen functional groups attached to an aromatic ring is 1. The molecule has 0 radical (unpaired) electrons. The van der Waals surface area contributed by atoms with Crippen LogP contribution in [0.4, 0.5) is 5.82 Å². The summed E-state index contributed by atoms with van der Waals surface area (Å²) in [6, 6.07) is 16.8. The number of aromatic hydroxyl groups is 1. The minimum atomic E-state index is -1.49. The Balaban J connectivity index is 1.22. The minimum absolute atomic E-state index is 0.0108. The van der Waals surface area contributed by atoms with E-state index in [1.807, 2.05) is 18.2 Å². The second-order valence-electron chi connectivity index (χ2n) is 21.3. The topological polar surface area (TPSA) is 438 Å². The molecule has 0 fully saturated rings. The summed E-state index contributed by atoms with van der Waals surface area (Å²) in [6.45, 7) is 0.532. The number of ether oxygens (including phenoxy) is 1. The number of pyridine rings is 1. The third-order valence-corrected chi connectivity index (χ3v) is 15.2. The average molecular weight is 1290 g/mol. The monoisotopic (exact) mass is 1290 g/mol. The molecule has 486 valence electrons. The largest absolute Gasteiger partial charge is 0.508 e. The molecule has 30 heteroatoms. The van der Waals surface area contributed by atoms with Gasteiger partial charge in [0.1, 0.15) is 60.4 Å². The van der Waals surface area contributed by atoms with E-state index < -0.39 is 120 Å². The molecular weight excluding hydrogens is 1210 g/mol. The van der Waals surface area contributed by atoms with E-state index in [2.05, 4.69) is 77.4 Å². The van der Waals surface area contributed by atoms with Crippen LogP contribution in [0, 0.1) is 0 Å². The van der Waals surface area contributed by atoms with Crippen LogP contribution in [-0.4, -0.2) is 169 Å². The number of anilines is 1. The first kappa shape index (κ1) is 70.7. The number of carbonyl (C=O) groups excluding carboxylic acids is 9. The maximum Gasteiger partial charge on any atom is 0.349 e. The smallest absolute Gasteiger partial charge is 0.349 e. The number of unbranched alkanes of at least 4 members (excludes halogenated alkanes) is 1. The number of rotatable bonds is 36. The number of phenolic OH excluding ortho intramolecular Hbond substituents is 1. The Hall–Kier alpha value is -9.36. The van der Waals surface area contributed by atoms with Crippen LogP contribution in [0.2, 0.25) is 0 Å². The summed E-state index contributed by atoms with van der Waals surface area (Å²) < 4.78 is 7.08. The molecule has 0 bridgehead atoms. The zero-order chi connectivity index (χ0) is 66.0. The number of para-hydroxylation sites is 1. The van der Waals surface area contributed by atoms with Crippen molar-refractivity contribution in [1.29, 1.82) is 0 Å². The lowest BCUT2D eigenvalue weighted by atomic mass is 10.0. The first-order valence-corrected chi connectivity index (χ1v) is 30.5. The highest BCUT2D eigenvalue weighted by atomic mass is 32.1. The number of hydrogen-bond donors (Lipinski definition) is 15. The van der Waals surface area contributed by atoms with Crippen LogP contribution >= 0.6 is 25.3 Å². The van der Waals surface area contributed by atoms with Gasteiger partial charge in [0.15, 0.2) is 0 Å². The van der Waals surface area contributed by atoms with Crippen molar-refractivity contribution in [3.63, 3.8) is 0 Å². The predicted molar refractivity (Wildman–Crippen MR) is 344 cm³/mol. The summed E-state index contributed by atoms with van der Waals surface area (Å²) in [6.07, 6.45) is 5.16. The fraction of sp³-hybridized carbons (Fsp3) is 0.377. The second-order valence-corrected chi connectivity index (χ2v) is 22.1. The number of nitrogens with one attached hydrogen (secondary N) is 8. The molecule has 3 aromatic heterocycles. The van der Waals surface area contributed by atoms with Crippen molar-refractivity contribution in [3.05, 3.63) is 155 Å². The fourth-order valence-electron chi connectivity index (χ4n) is 9.50. The van der Waals surface area contributed by atoms with Crippen LogP contribution < -0.4 is 65.8 Å². The lowest BCUT2D eigenvalue weighted by Crippen LogP contribution is -2.62. The van der Waals surface area contributed by atoms with Crippen molar-refractivity contribution in [2.75, 3.05) is 43.4 Å². The average Bonchev–Trinajstić information content (AvgIpc) is 2.14. The molecule has 17 N–H and O–H groups in total. The Labute approximate surface area is 535 Å². The van der Waals surface area contributed by atoms with Crippen molar-refractivity contribution in [3.8, 4) is 5.75 Å². The Kier molecular flexibility index (Phi) is 27.8. The normalized spacial score (nSPS) is 13.8. The summed E-state index contributed by atoms with van der Waals surface area (Å²) in [5.41, 5.74) is 25.3. The fourth-order valence-corrected chi connectivity index (χ4v) is 10.0. The molecule has 0 aliphatic carbocycles. The number of phenols is 1. The van der Waals surface area contributed by atoms with Gasteiger partial charge in [-0.15, -0.1) is 0 Å². The number of primary amides is 1. The molecular formula is C61H78N16O12S2. The lowest BCUT2D eigenvalue weighted by Gasteiger charge is -2.29. The van der Waals surface area contributed by atoms with Gasteiger partial charge >= 0.3 is 5.69 Å². The van der Waals surface area contributed by atoms with Gasteiger partial charge in [-0.05, 0) is 85.3 Å². The lowest BCUT2D eigenvalue weighted by molar-refractivity contribution is -0.137. The molecule has 0 aliphatic heterocycles. The van der Waals surface area contributed by atoms with E-state index in [4.69, 9.17) is 27.7 Å². The van der Waals surface area contributed by atoms with Gasteiger partial charge < -0.3 is 79.9 Å². The molecule has 3 heterocycles. The van der Waals surface area contributed by atoms with Gasteiger partial charge in [-0.2, -0.15) is 30.2 Å². The quantitative estimate of drug-likeness (QED) is 0.0156. The van der Waals surface area contributed by atoms with E-state index in [0.29, 0.717) is 40.4 Å². The van der Waals surface area contributed by atoms with Crippen LogP contribution in [0.15, 0.2) is 127 Å². The van der Waals surface area contributed by atoms with Gasteiger partial charge in [0.25, 0.3) is 0 Å². The minimum Gasteiger partial charge on any atom is -0.508 e. The third-order valence-electron chi connectivity index (χ3n) is 14.5. The number of aromatic amines is 1. The maximum atomic E-state index is 14.9. The maximum absolute atomic E-state index is 14.9. The summed E-state index contributed by atoms with van der Waals surface area (Å²) >= 11 is 8.71. The molecule has 8 atom stereocenters.